The molecule has 2 fully saturated rings. The van der Waals surface area contributed by atoms with Crippen LogP contribution in [0.1, 0.15) is 24.8 Å². The number of hydrogen-bond acceptors (Lipinski definition) is 2. The molecule has 1 aromatic rings. The van der Waals surface area contributed by atoms with E-state index in [-0.39, 0.29) is 11.7 Å². The zero-order chi connectivity index (χ0) is 13.9. The number of likely N-dealkylation sites (tertiary alicyclic amines) is 1. The maximum absolute atomic E-state index is 13.2. The number of carbonyl (C=O) groups is 1. The Morgan fingerprint density at radius 1 is 1.35 bits per heavy atom. The summed E-state index contributed by atoms with van der Waals surface area (Å²) in [6.45, 7) is 2.72. The second kappa shape index (κ2) is 5.92. The van der Waals surface area contributed by atoms with Crippen molar-refractivity contribution in [2.75, 3.05) is 19.6 Å². The van der Waals surface area contributed by atoms with Crippen LogP contribution < -0.4 is 5.32 Å². The van der Waals surface area contributed by atoms with Crippen LogP contribution in [0.25, 0.3) is 0 Å². The number of piperidine rings is 2. The molecule has 2 aliphatic heterocycles. The summed E-state index contributed by atoms with van der Waals surface area (Å²) < 4.78 is 13.2. The summed E-state index contributed by atoms with van der Waals surface area (Å²) in [5, 5.41) is 3.41. The molecule has 1 N–H and O–H groups in total. The third-order valence-electron chi connectivity index (χ3n) is 4.55. The van der Waals surface area contributed by atoms with E-state index in [1.165, 1.54) is 6.07 Å². The monoisotopic (exact) mass is 276 g/mol. The number of halogens is 1. The van der Waals surface area contributed by atoms with Crippen molar-refractivity contribution in [3.05, 3.63) is 35.6 Å². The highest BCUT2D eigenvalue weighted by atomic mass is 19.1. The van der Waals surface area contributed by atoms with Crippen LogP contribution in [0.3, 0.4) is 0 Å². The number of fused-ring (bicyclic) bond motifs is 1. The average Bonchev–Trinajstić information content (AvgIpc) is 2.46. The highest BCUT2D eigenvalue weighted by Gasteiger charge is 2.36. The van der Waals surface area contributed by atoms with Crippen LogP contribution >= 0.6 is 0 Å². The first-order chi connectivity index (χ1) is 9.74. The van der Waals surface area contributed by atoms with Crippen molar-refractivity contribution < 1.29 is 9.18 Å². The van der Waals surface area contributed by atoms with Crippen LogP contribution in [0, 0.1) is 11.7 Å². The van der Waals surface area contributed by atoms with E-state index in [4.69, 9.17) is 0 Å². The molecule has 4 heteroatoms. The SMILES string of the molecule is O=C1CC[C@@H]2CNCC[C@@H]2N1CCc1cccc(F)c1. The minimum Gasteiger partial charge on any atom is -0.339 e. The summed E-state index contributed by atoms with van der Waals surface area (Å²) in [7, 11) is 0. The zero-order valence-corrected chi connectivity index (χ0v) is 11.6. The Morgan fingerprint density at radius 3 is 3.10 bits per heavy atom. The van der Waals surface area contributed by atoms with Crippen LogP contribution in [0.4, 0.5) is 4.39 Å². The van der Waals surface area contributed by atoms with Gasteiger partial charge in [0.25, 0.3) is 0 Å². The minimum absolute atomic E-state index is 0.202. The predicted molar refractivity (Wildman–Crippen MR) is 75.8 cm³/mol. The van der Waals surface area contributed by atoms with Gasteiger partial charge in [0.05, 0.1) is 0 Å². The van der Waals surface area contributed by atoms with Gasteiger partial charge in [0.15, 0.2) is 0 Å². The molecule has 2 atom stereocenters. The molecule has 0 saturated carbocycles. The van der Waals surface area contributed by atoms with Gasteiger partial charge in [-0.1, -0.05) is 12.1 Å². The summed E-state index contributed by atoms with van der Waals surface area (Å²) in [6.07, 6.45) is 3.44. The highest BCUT2D eigenvalue weighted by Crippen LogP contribution is 2.28. The third kappa shape index (κ3) is 2.85. The van der Waals surface area contributed by atoms with Crippen molar-refractivity contribution in [3.63, 3.8) is 0 Å². The van der Waals surface area contributed by atoms with Gasteiger partial charge >= 0.3 is 0 Å². The van der Waals surface area contributed by atoms with E-state index in [9.17, 15) is 9.18 Å². The Kier molecular flexibility index (Phi) is 4.01. The first-order valence-corrected chi connectivity index (χ1v) is 7.48. The number of benzene rings is 1. The predicted octanol–water partition coefficient (Wildman–Crippen LogP) is 1.97. The normalized spacial score (nSPS) is 26.4. The largest absolute Gasteiger partial charge is 0.339 e. The molecule has 108 valence electrons. The second-order valence-corrected chi connectivity index (χ2v) is 5.83. The molecule has 2 saturated heterocycles. The molecule has 0 radical (unpaired) electrons. The Hall–Kier alpha value is -1.42. The van der Waals surface area contributed by atoms with Gasteiger partial charge in [-0.2, -0.15) is 0 Å². The molecule has 0 bridgehead atoms. The standard InChI is InChI=1S/C16H21FN2O/c17-14-3-1-2-12(10-14)7-9-19-15-6-8-18-11-13(15)4-5-16(19)20/h1-3,10,13,15,18H,4-9,11H2/t13-,15+/m1/s1. The fourth-order valence-electron chi connectivity index (χ4n) is 3.48. The molecule has 3 nitrogen and oxygen atoms in total. The Labute approximate surface area is 119 Å². The van der Waals surface area contributed by atoms with Gasteiger partial charge in [0.2, 0.25) is 5.91 Å². The minimum atomic E-state index is -0.202. The first kappa shape index (κ1) is 13.6. The fraction of sp³-hybridized carbons (Fsp3) is 0.562. The Balaban J connectivity index is 1.66. The molecule has 0 aromatic heterocycles. The summed E-state index contributed by atoms with van der Waals surface area (Å²) >= 11 is 0. The van der Waals surface area contributed by atoms with Gasteiger partial charge in [-0.05, 0) is 56.0 Å². The lowest BCUT2D eigenvalue weighted by Crippen LogP contribution is -2.55. The van der Waals surface area contributed by atoms with Crippen LogP contribution in [-0.2, 0) is 11.2 Å². The summed E-state index contributed by atoms with van der Waals surface area (Å²) in [4.78, 5) is 14.2. The maximum Gasteiger partial charge on any atom is 0.222 e. The van der Waals surface area contributed by atoms with E-state index in [0.29, 0.717) is 24.9 Å². The molecule has 2 heterocycles. The smallest absolute Gasteiger partial charge is 0.222 e. The van der Waals surface area contributed by atoms with E-state index in [0.717, 1.165) is 37.9 Å². The third-order valence-corrected chi connectivity index (χ3v) is 4.55. The number of amides is 1. The average molecular weight is 276 g/mol. The van der Waals surface area contributed by atoms with Crippen LogP contribution in [0.5, 0.6) is 0 Å². The highest BCUT2D eigenvalue weighted by molar-refractivity contribution is 5.77. The molecule has 0 unspecified atom stereocenters. The topological polar surface area (TPSA) is 32.3 Å². The molecule has 0 spiro atoms. The van der Waals surface area contributed by atoms with Crippen molar-refractivity contribution in [1.82, 2.24) is 10.2 Å². The van der Waals surface area contributed by atoms with E-state index < -0.39 is 0 Å². The Bertz CT molecular complexity index is 491. The van der Waals surface area contributed by atoms with Crippen molar-refractivity contribution in [2.45, 2.75) is 31.7 Å². The van der Waals surface area contributed by atoms with Gasteiger partial charge < -0.3 is 10.2 Å². The van der Waals surface area contributed by atoms with Crippen LogP contribution in [0.15, 0.2) is 24.3 Å². The number of hydrogen-bond donors (Lipinski definition) is 1. The number of nitrogens with one attached hydrogen (secondary N) is 1. The first-order valence-electron chi connectivity index (χ1n) is 7.48. The van der Waals surface area contributed by atoms with Gasteiger partial charge in [0, 0.05) is 19.0 Å². The number of rotatable bonds is 3. The van der Waals surface area contributed by atoms with Crippen molar-refractivity contribution in [3.8, 4) is 0 Å². The lowest BCUT2D eigenvalue weighted by molar-refractivity contribution is -0.139. The van der Waals surface area contributed by atoms with Crippen molar-refractivity contribution in [2.24, 2.45) is 5.92 Å². The summed E-state index contributed by atoms with van der Waals surface area (Å²) in [6, 6.07) is 7.06. The van der Waals surface area contributed by atoms with Gasteiger partial charge in [0.1, 0.15) is 5.82 Å². The Morgan fingerprint density at radius 2 is 2.25 bits per heavy atom. The number of nitrogens with zero attached hydrogens (tertiary/aromatic N) is 1. The van der Waals surface area contributed by atoms with Crippen LogP contribution in [-0.4, -0.2) is 36.5 Å². The summed E-state index contributed by atoms with van der Waals surface area (Å²) in [5.41, 5.74) is 0.967. The molecule has 3 rings (SSSR count). The van der Waals surface area contributed by atoms with Crippen LogP contribution in [0.2, 0.25) is 0 Å². The summed E-state index contributed by atoms with van der Waals surface area (Å²) in [5.74, 6) is 0.658. The van der Waals surface area contributed by atoms with E-state index >= 15 is 0 Å². The lowest BCUT2D eigenvalue weighted by atomic mass is 9.84. The van der Waals surface area contributed by atoms with Gasteiger partial charge in [-0.15, -0.1) is 0 Å². The van der Waals surface area contributed by atoms with Crippen molar-refractivity contribution >= 4 is 5.91 Å². The molecule has 1 amide bonds. The van der Waals surface area contributed by atoms with Gasteiger partial charge in [-0.3, -0.25) is 4.79 Å². The molecule has 1 aromatic carbocycles. The molecular weight excluding hydrogens is 255 g/mol. The molecule has 0 aliphatic carbocycles. The maximum atomic E-state index is 13.2. The molecular formula is C16H21FN2O. The van der Waals surface area contributed by atoms with E-state index in [1.807, 2.05) is 11.0 Å². The zero-order valence-electron chi connectivity index (χ0n) is 11.6. The fourth-order valence-corrected chi connectivity index (χ4v) is 3.48. The van der Waals surface area contributed by atoms with Crippen molar-refractivity contribution in [1.29, 1.82) is 0 Å². The molecule has 2 aliphatic rings. The second-order valence-electron chi connectivity index (χ2n) is 5.83. The lowest BCUT2D eigenvalue weighted by Gasteiger charge is -2.44. The number of carbonyl (C=O) groups excluding carboxylic acids is 1. The van der Waals surface area contributed by atoms with Gasteiger partial charge in [-0.25, -0.2) is 4.39 Å². The van der Waals surface area contributed by atoms with E-state index in [2.05, 4.69) is 5.32 Å². The van der Waals surface area contributed by atoms with E-state index in [1.54, 1.807) is 12.1 Å². The molecule has 20 heavy (non-hydrogen) atoms. The quantitative estimate of drug-likeness (QED) is 0.915.